The van der Waals surface area contributed by atoms with Crippen LogP contribution in [-0.4, -0.2) is 30.1 Å². The maximum Gasteiger partial charge on any atom is 0.416 e. The average molecular weight is 338 g/mol. The standard InChI is InChI=1S/C17H17F3N2O2/c18-17(19,20)13-5-4-11-7-12(9-21-15(11)8-13)16(23)22-10-14-3-1-2-6-24-14/h4-5,7-9,14H,1-3,6,10H2,(H,22,23). The van der Waals surface area contributed by atoms with Crippen molar-refractivity contribution in [3.8, 4) is 0 Å². The van der Waals surface area contributed by atoms with Gasteiger partial charge in [-0.2, -0.15) is 13.2 Å². The van der Waals surface area contributed by atoms with Crippen LogP contribution >= 0.6 is 0 Å². The van der Waals surface area contributed by atoms with Gasteiger partial charge in [0.1, 0.15) is 0 Å². The number of aromatic nitrogens is 1. The molecule has 1 unspecified atom stereocenters. The minimum Gasteiger partial charge on any atom is -0.376 e. The van der Waals surface area contributed by atoms with Crippen LogP contribution in [0.5, 0.6) is 0 Å². The molecular formula is C17H17F3N2O2. The number of hydrogen-bond donors (Lipinski definition) is 1. The van der Waals surface area contributed by atoms with E-state index in [2.05, 4.69) is 10.3 Å². The molecule has 4 nitrogen and oxygen atoms in total. The number of halogens is 3. The molecule has 0 radical (unpaired) electrons. The Labute approximate surface area is 137 Å². The number of benzene rings is 1. The summed E-state index contributed by atoms with van der Waals surface area (Å²) in [7, 11) is 0. The van der Waals surface area contributed by atoms with Crippen LogP contribution in [0.25, 0.3) is 10.9 Å². The van der Waals surface area contributed by atoms with Gasteiger partial charge in [0.2, 0.25) is 0 Å². The molecule has 7 heteroatoms. The number of carbonyl (C=O) groups is 1. The molecule has 2 heterocycles. The number of nitrogens with zero attached hydrogens (tertiary/aromatic N) is 1. The van der Waals surface area contributed by atoms with Gasteiger partial charge in [0, 0.05) is 24.7 Å². The Kier molecular flexibility index (Phi) is 4.71. The number of rotatable bonds is 3. The summed E-state index contributed by atoms with van der Waals surface area (Å²) in [6.07, 6.45) is -0.0639. The van der Waals surface area contributed by atoms with E-state index in [-0.39, 0.29) is 17.5 Å². The van der Waals surface area contributed by atoms with Crippen molar-refractivity contribution in [2.24, 2.45) is 0 Å². The van der Waals surface area contributed by atoms with E-state index in [4.69, 9.17) is 4.74 Å². The Bertz CT molecular complexity index is 740. The van der Waals surface area contributed by atoms with Gasteiger partial charge in [-0.3, -0.25) is 9.78 Å². The summed E-state index contributed by atoms with van der Waals surface area (Å²) < 4.78 is 43.6. The van der Waals surface area contributed by atoms with E-state index in [1.54, 1.807) is 6.07 Å². The van der Waals surface area contributed by atoms with Crippen LogP contribution in [0.1, 0.15) is 35.2 Å². The molecule has 1 atom stereocenters. The van der Waals surface area contributed by atoms with Crippen LogP contribution in [-0.2, 0) is 10.9 Å². The molecule has 1 fully saturated rings. The van der Waals surface area contributed by atoms with Crippen molar-refractivity contribution in [1.29, 1.82) is 0 Å². The zero-order valence-electron chi connectivity index (χ0n) is 12.9. The third kappa shape index (κ3) is 3.84. The lowest BCUT2D eigenvalue weighted by Gasteiger charge is -2.22. The number of hydrogen-bond acceptors (Lipinski definition) is 3. The third-order valence-corrected chi connectivity index (χ3v) is 4.04. The molecule has 24 heavy (non-hydrogen) atoms. The minimum atomic E-state index is -4.41. The van der Waals surface area contributed by atoms with Crippen molar-refractivity contribution in [3.05, 3.63) is 41.6 Å². The van der Waals surface area contributed by atoms with Crippen LogP contribution in [0, 0.1) is 0 Å². The number of nitrogens with one attached hydrogen (secondary N) is 1. The highest BCUT2D eigenvalue weighted by Crippen LogP contribution is 2.31. The van der Waals surface area contributed by atoms with Crippen molar-refractivity contribution in [2.45, 2.75) is 31.5 Å². The van der Waals surface area contributed by atoms with Crippen molar-refractivity contribution >= 4 is 16.8 Å². The maximum absolute atomic E-state index is 12.7. The molecule has 1 aliphatic heterocycles. The summed E-state index contributed by atoms with van der Waals surface area (Å²) in [5.41, 5.74) is -0.232. The maximum atomic E-state index is 12.7. The zero-order chi connectivity index (χ0) is 17.2. The largest absolute Gasteiger partial charge is 0.416 e. The van der Waals surface area contributed by atoms with E-state index >= 15 is 0 Å². The molecular weight excluding hydrogens is 321 g/mol. The van der Waals surface area contributed by atoms with Crippen LogP contribution in [0.2, 0.25) is 0 Å². The Morgan fingerprint density at radius 3 is 2.83 bits per heavy atom. The fraction of sp³-hybridized carbons (Fsp3) is 0.412. The molecule has 1 aromatic heterocycles. The molecule has 0 saturated carbocycles. The molecule has 1 amide bonds. The first-order chi connectivity index (χ1) is 11.4. The first kappa shape index (κ1) is 16.7. The van der Waals surface area contributed by atoms with E-state index in [9.17, 15) is 18.0 Å². The second-order valence-electron chi connectivity index (χ2n) is 5.83. The summed E-state index contributed by atoms with van der Waals surface area (Å²) in [5, 5.41) is 3.28. The Morgan fingerprint density at radius 2 is 2.12 bits per heavy atom. The number of fused-ring (bicyclic) bond motifs is 1. The highest BCUT2D eigenvalue weighted by Gasteiger charge is 2.30. The summed E-state index contributed by atoms with van der Waals surface area (Å²) in [4.78, 5) is 16.1. The van der Waals surface area contributed by atoms with Gasteiger partial charge < -0.3 is 10.1 Å². The van der Waals surface area contributed by atoms with Crippen molar-refractivity contribution in [1.82, 2.24) is 10.3 Å². The number of amides is 1. The second-order valence-corrected chi connectivity index (χ2v) is 5.83. The lowest BCUT2D eigenvalue weighted by molar-refractivity contribution is -0.137. The predicted molar refractivity (Wildman–Crippen MR) is 82.7 cm³/mol. The summed E-state index contributed by atoms with van der Waals surface area (Å²) >= 11 is 0. The van der Waals surface area contributed by atoms with E-state index in [0.29, 0.717) is 24.1 Å². The Balaban J connectivity index is 1.71. The van der Waals surface area contributed by atoms with Gasteiger partial charge in [0.05, 0.1) is 22.7 Å². The zero-order valence-corrected chi connectivity index (χ0v) is 12.9. The van der Waals surface area contributed by atoms with E-state index < -0.39 is 11.7 Å². The SMILES string of the molecule is O=C(NCC1CCCCO1)c1cnc2cc(C(F)(F)F)ccc2c1. The summed E-state index contributed by atoms with van der Waals surface area (Å²) in [6, 6.07) is 4.83. The van der Waals surface area contributed by atoms with Gasteiger partial charge in [0.15, 0.2) is 0 Å². The molecule has 0 aliphatic carbocycles. The second kappa shape index (κ2) is 6.76. The molecule has 2 aromatic rings. The summed E-state index contributed by atoms with van der Waals surface area (Å²) in [5.74, 6) is -0.307. The van der Waals surface area contributed by atoms with Crippen LogP contribution in [0.15, 0.2) is 30.5 Å². The smallest absolute Gasteiger partial charge is 0.376 e. The molecule has 128 valence electrons. The van der Waals surface area contributed by atoms with Gasteiger partial charge in [-0.15, -0.1) is 0 Å². The third-order valence-electron chi connectivity index (χ3n) is 4.04. The van der Waals surface area contributed by atoms with Gasteiger partial charge >= 0.3 is 6.18 Å². The Hall–Kier alpha value is -2.15. The molecule has 1 saturated heterocycles. The van der Waals surface area contributed by atoms with Crippen LogP contribution < -0.4 is 5.32 Å². The highest BCUT2D eigenvalue weighted by atomic mass is 19.4. The molecule has 0 spiro atoms. The fourth-order valence-corrected chi connectivity index (χ4v) is 2.70. The predicted octanol–water partition coefficient (Wildman–Crippen LogP) is 3.55. The van der Waals surface area contributed by atoms with Crippen molar-refractivity contribution < 1.29 is 22.7 Å². The van der Waals surface area contributed by atoms with Gasteiger partial charge in [-0.25, -0.2) is 0 Å². The van der Waals surface area contributed by atoms with Gasteiger partial charge in [-0.05, 0) is 37.5 Å². The normalized spacial score (nSPS) is 18.5. The van der Waals surface area contributed by atoms with Gasteiger partial charge in [-0.1, -0.05) is 6.07 Å². The number of carbonyl (C=O) groups excluding carboxylic acids is 1. The van der Waals surface area contributed by atoms with Crippen LogP contribution in [0.4, 0.5) is 13.2 Å². The van der Waals surface area contributed by atoms with Crippen molar-refractivity contribution in [3.63, 3.8) is 0 Å². The number of alkyl halides is 3. The Morgan fingerprint density at radius 1 is 1.29 bits per heavy atom. The molecule has 1 aliphatic rings. The van der Waals surface area contributed by atoms with Crippen molar-refractivity contribution in [2.75, 3.05) is 13.2 Å². The topological polar surface area (TPSA) is 51.2 Å². The molecule has 1 aromatic carbocycles. The quantitative estimate of drug-likeness (QED) is 0.931. The number of ether oxygens (including phenoxy) is 1. The first-order valence-corrected chi connectivity index (χ1v) is 7.80. The van der Waals surface area contributed by atoms with Crippen LogP contribution in [0.3, 0.4) is 0 Å². The lowest BCUT2D eigenvalue weighted by atomic mass is 10.1. The molecule has 3 rings (SSSR count). The minimum absolute atomic E-state index is 0.0189. The molecule has 1 N–H and O–H groups in total. The van der Waals surface area contributed by atoms with E-state index in [1.807, 2.05) is 0 Å². The lowest BCUT2D eigenvalue weighted by Crippen LogP contribution is -2.35. The van der Waals surface area contributed by atoms with E-state index in [1.165, 1.54) is 12.3 Å². The molecule has 0 bridgehead atoms. The number of pyridine rings is 1. The average Bonchev–Trinajstić information content (AvgIpc) is 2.59. The monoisotopic (exact) mass is 338 g/mol. The fourth-order valence-electron chi connectivity index (χ4n) is 2.70. The van der Waals surface area contributed by atoms with Gasteiger partial charge in [0.25, 0.3) is 5.91 Å². The summed E-state index contributed by atoms with van der Waals surface area (Å²) in [6.45, 7) is 1.13. The van der Waals surface area contributed by atoms with E-state index in [0.717, 1.165) is 31.4 Å². The first-order valence-electron chi connectivity index (χ1n) is 7.80. The highest BCUT2D eigenvalue weighted by molar-refractivity contribution is 5.97.